The molecule has 1 heterocycles. The molecule has 4 nitrogen and oxygen atoms in total. The number of amides is 1. The van der Waals surface area contributed by atoms with Crippen molar-refractivity contribution in [1.82, 2.24) is 10.2 Å². The van der Waals surface area contributed by atoms with E-state index in [-0.39, 0.29) is 18.1 Å². The summed E-state index contributed by atoms with van der Waals surface area (Å²) in [6, 6.07) is 0. The highest BCUT2D eigenvalue weighted by Gasteiger charge is 2.47. The minimum absolute atomic E-state index is 0.0229. The van der Waals surface area contributed by atoms with Crippen LogP contribution < -0.4 is 5.32 Å². The van der Waals surface area contributed by atoms with Crippen LogP contribution in [-0.4, -0.2) is 45.7 Å². The number of hydrogen-bond donors (Lipinski definition) is 2. The van der Waals surface area contributed by atoms with E-state index in [1.54, 1.807) is 4.90 Å². The Morgan fingerprint density at radius 1 is 1.38 bits per heavy atom. The Labute approximate surface area is 98.0 Å². The van der Waals surface area contributed by atoms with Gasteiger partial charge < -0.3 is 10.0 Å². The van der Waals surface area contributed by atoms with Crippen molar-refractivity contribution in [3.8, 4) is 0 Å². The molecule has 1 fully saturated rings. The number of hydrogen-bond acceptors (Lipinski definition) is 3. The molecule has 0 atom stereocenters. The number of piperazine rings is 1. The van der Waals surface area contributed by atoms with E-state index in [0.717, 1.165) is 0 Å². The predicted molar refractivity (Wildman–Crippen MR) is 64.2 cm³/mol. The van der Waals surface area contributed by atoms with E-state index in [4.69, 9.17) is 0 Å². The van der Waals surface area contributed by atoms with Gasteiger partial charge in [-0.3, -0.25) is 10.1 Å². The van der Waals surface area contributed by atoms with Gasteiger partial charge in [0.2, 0.25) is 5.91 Å². The number of aliphatic hydroxyl groups is 1. The molecule has 2 N–H and O–H groups in total. The van der Waals surface area contributed by atoms with Crippen molar-refractivity contribution in [2.45, 2.75) is 58.2 Å². The maximum atomic E-state index is 12.3. The lowest BCUT2D eigenvalue weighted by molar-refractivity contribution is -0.152. The van der Waals surface area contributed by atoms with Crippen molar-refractivity contribution < 1.29 is 9.90 Å². The summed E-state index contributed by atoms with van der Waals surface area (Å²) in [5, 5.41) is 12.7. The lowest BCUT2D eigenvalue weighted by Crippen LogP contribution is -2.73. The van der Waals surface area contributed by atoms with Crippen LogP contribution in [0.25, 0.3) is 0 Å². The first-order valence-corrected chi connectivity index (χ1v) is 5.74. The van der Waals surface area contributed by atoms with Gasteiger partial charge >= 0.3 is 0 Å². The second kappa shape index (κ2) is 3.70. The highest BCUT2D eigenvalue weighted by atomic mass is 16.3. The normalized spacial score (nSPS) is 24.7. The van der Waals surface area contributed by atoms with Gasteiger partial charge in [0.1, 0.15) is 0 Å². The molecule has 4 heteroatoms. The minimum Gasteiger partial charge on any atom is -0.394 e. The summed E-state index contributed by atoms with van der Waals surface area (Å²) in [5.41, 5.74) is -1.22. The summed E-state index contributed by atoms with van der Waals surface area (Å²) in [5.74, 6) is 0.0471. The van der Waals surface area contributed by atoms with Crippen molar-refractivity contribution in [2.75, 3.05) is 13.2 Å². The second-order valence-electron chi connectivity index (χ2n) is 6.50. The Hall–Kier alpha value is -0.610. The first-order chi connectivity index (χ1) is 7.02. The molecule has 1 aliphatic heterocycles. The Kier molecular flexibility index (Phi) is 3.12. The van der Waals surface area contributed by atoms with Crippen molar-refractivity contribution in [2.24, 2.45) is 0 Å². The van der Waals surface area contributed by atoms with Crippen molar-refractivity contribution in [3.63, 3.8) is 0 Å². The maximum absolute atomic E-state index is 12.3. The molecule has 1 amide bonds. The molecule has 16 heavy (non-hydrogen) atoms. The molecule has 0 bridgehead atoms. The van der Waals surface area contributed by atoms with Gasteiger partial charge in [-0.15, -0.1) is 0 Å². The fourth-order valence-electron chi connectivity index (χ4n) is 2.32. The van der Waals surface area contributed by atoms with Gasteiger partial charge in [0.25, 0.3) is 0 Å². The summed E-state index contributed by atoms with van der Waals surface area (Å²) in [6.45, 7) is 12.3. The molecule has 0 aromatic rings. The van der Waals surface area contributed by atoms with Gasteiger partial charge in [-0.1, -0.05) is 0 Å². The lowest BCUT2D eigenvalue weighted by atomic mass is 9.87. The molecule has 94 valence electrons. The summed E-state index contributed by atoms with van der Waals surface area (Å²) >= 11 is 0. The van der Waals surface area contributed by atoms with Crippen molar-refractivity contribution in [3.05, 3.63) is 0 Å². The van der Waals surface area contributed by atoms with E-state index in [1.807, 2.05) is 27.7 Å². The quantitative estimate of drug-likeness (QED) is 0.733. The zero-order valence-electron chi connectivity index (χ0n) is 11.2. The van der Waals surface area contributed by atoms with Crippen LogP contribution >= 0.6 is 0 Å². The van der Waals surface area contributed by atoms with E-state index in [2.05, 4.69) is 19.2 Å². The summed E-state index contributed by atoms with van der Waals surface area (Å²) in [7, 11) is 0. The smallest absolute Gasteiger partial charge is 0.242 e. The van der Waals surface area contributed by atoms with E-state index < -0.39 is 11.1 Å². The van der Waals surface area contributed by atoms with E-state index in [9.17, 15) is 9.90 Å². The fourth-order valence-corrected chi connectivity index (χ4v) is 2.32. The Morgan fingerprint density at radius 3 is 2.31 bits per heavy atom. The number of nitrogens with one attached hydrogen (secondary N) is 1. The largest absolute Gasteiger partial charge is 0.394 e. The summed E-state index contributed by atoms with van der Waals surface area (Å²) in [6.07, 6.45) is 0. The molecule has 0 aliphatic carbocycles. The highest BCUT2D eigenvalue weighted by molar-refractivity contribution is 5.87. The zero-order chi connectivity index (χ0) is 12.8. The SMILES string of the molecule is CC1(C)CN(C(C)(C)CO)C(=O)C(C)(C)N1. The Morgan fingerprint density at radius 2 is 1.88 bits per heavy atom. The van der Waals surface area contributed by atoms with Crippen molar-refractivity contribution >= 4 is 5.91 Å². The fraction of sp³-hybridized carbons (Fsp3) is 0.917. The predicted octanol–water partition coefficient (Wildman–Crippen LogP) is 0.746. The standard InChI is InChI=1S/C12H24N2O2/c1-10(2)7-14(11(3,4)8-15)9(16)12(5,6)13-10/h13,15H,7-8H2,1-6H3. The zero-order valence-corrected chi connectivity index (χ0v) is 11.2. The van der Waals surface area contributed by atoms with Crippen molar-refractivity contribution in [1.29, 1.82) is 0 Å². The minimum atomic E-state index is -0.575. The third kappa shape index (κ3) is 2.38. The van der Waals surface area contributed by atoms with E-state index >= 15 is 0 Å². The number of carbonyl (C=O) groups is 1. The first-order valence-electron chi connectivity index (χ1n) is 5.74. The average Bonchev–Trinajstić information content (AvgIpc) is 2.09. The van der Waals surface area contributed by atoms with Crippen LogP contribution in [0.5, 0.6) is 0 Å². The molecule has 0 radical (unpaired) electrons. The highest BCUT2D eigenvalue weighted by Crippen LogP contribution is 2.27. The van der Waals surface area contributed by atoms with E-state index in [0.29, 0.717) is 6.54 Å². The molecule has 0 aromatic carbocycles. The summed E-state index contributed by atoms with van der Waals surface area (Å²) in [4.78, 5) is 14.1. The lowest BCUT2D eigenvalue weighted by Gasteiger charge is -2.52. The number of carbonyl (C=O) groups excluding carboxylic acids is 1. The number of aliphatic hydroxyl groups excluding tert-OH is 1. The maximum Gasteiger partial charge on any atom is 0.242 e. The van der Waals surface area contributed by atoms with Crippen LogP contribution in [0.2, 0.25) is 0 Å². The summed E-state index contributed by atoms with van der Waals surface area (Å²) < 4.78 is 0. The molecular formula is C12H24N2O2. The molecule has 0 saturated carbocycles. The van der Waals surface area contributed by atoms with Crippen LogP contribution in [0.1, 0.15) is 41.5 Å². The third-order valence-corrected chi connectivity index (χ3v) is 3.10. The van der Waals surface area contributed by atoms with Gasteiger partial charge in [-0.2, -0.15) is 0 Å². The van der Waals surface area contributed by atoms with Gasteiger partial charge in [0.05, 0.1) is 17.7 Å². The Balaban J connectivity index is 3.06. The molecule has 0 aromatic heterocycles. The third-order valence-electron chi connectivity index (χ3n) is 3.10. The van der Waals surface area contributed by atoms with Crippen LogP contribution in [-0.2, 0) is 4.79 Å². The van der Waals surface area contributed by atoms with E-state index in [1.165, 1.54) is 0 Å². The molecule has 1 aliphatic rings. The van der Waals surface area contributed by atoms with Gasteiger partial charge in [0.15, 0.2) is 0 Å². The average molecular weight is 228 g/mol. The van der Waals surface area contributed by atoms with Gasteiger partial charge in [-0.05, 0) is 41.5 Å². The monoisotopic (exact) mass is 228 g/mol. The topological polar surface area (TPSA) is 52.6 Å². The number of nitrogens with zero attached hydrogens (tertiary/aromatic N) is 1. The first kappa shape index (κ1) is 13.5. The second-order valence-corrected chi connectivity index (χ2v) is 6.50. The van der Waals surface area contributed by atoms with Crippen LogP contribution in [0.3, 0.4) is 0 Å². The van der Waals surface area contributed by atoms with Crippen LogP contribution in [0, 0.1) is 0 Å². The van der Waals surface area contributed by atoms with Crippen LogP contribution in [0.4, 0.5) is 0 Å². The molecule has 0 spiro atoms. The number of rotatable bonds is 2. The molecular weight excluding hydrogens is 204 g/mol. The molecule has 1 saturated heterocycles. The molecule has 0 unspecified atom stereocenters. The van der Waals surface area contributed by atoms with Crippen LogP contribution in [0.15, 0.2) is 0 Å². The van der Waals surface area contributed by atoms with Gasteiger partial charge in [0, 0.05) is 12.1 Å². The molecule has 1 rings (SSSR count). The van der Waals surface area contributed by atoms with Gasteiger partial charge in [-0.25, -0.2) is 0 Å². The Bertz CT molecular complexity index is 295.